The molecule has 0 atom stereocenters. The lowest BCUT2D eigenvalue weighted by Crippen LogP contribution is -2.55. The molecule has 1 aromatic heterocycles. The molecular weight excluding hydrogens is 500 g/mol. The quantitative estimate of drug-likeness (QED) is 0.391. The van der Waals surface area contributed by atoms with Gasteiger partial charge in [-0.3, -0.25) is 19.7 Å². The van der Waals surface area contributed by atoms with E-state index in [-0.39, 0.29) is 22.8 Å². The van der Waals surface area contributed by atoms with Crippen molar-refractivity contribution in [2.75, 3.05) is 44.2 Å². The van der Waals surface area contributed by atoms with Gasteiger partial charge in [-0.15, -0.1) is 0 Å². The molecule has 1 amide bonds. The zero-order valence-electron chi connectivity index (χ0n) is 23.5. The summed E-state index contributed by atoms with van der Waals surface area (Å²) in [5.74, 6) is 0.354. The summed E-state index contributed by atoms with van der Waals surface area (Å²) in [5, 5.41) is 16.3. The number of rotatable bonds is 6. The van der Waals surface area contributed by atoms with Crippen molar-refractivity contribution >= 4 is 17.5 Å². The van der Waals surface area contributed by atoms with Crippen molar-refractivity contribution in [2.45, 2.75) is 70.6 Å². The van der Waals surface area contributed by atoms with E-state index in [4.69, 9.17) is 9.47 Å². The number of carbonyl (C=O) groups is 1. The smallest absolute Gasteiger partial charge is 0.410 e. The van der Waals surface area contributed by atoms with Crippen LogP contribution in [-0.4, -0.2) is 87.6 Å². The summed E-state index contributed by atoms with van der Waals surface area (Å²) < 4.78 is 13.4. The van der Waals surface area contributed by atoms with Crippen LogP contribution in [0.1, 0.15) is 52.9 Å². The Morgan fingerprint density at radius 2 is 1.74 bits per heavy atom. The van der Waals surface area contributed by atoms with Gasteiger partial charge in [0.05, 0.1) is 17.2 Å². The van der Waals surface area contributed by atoms with Crippen molar-refractivity contribution in [3.63, 3.8) is 0 Å². The Bertz CT molecular complexity index is 1190. The van der Waals surface area contributed by atoms with Crippen LogP contribution in [0.15, 0.2) is 24.5 Å². The van der Waals surface area contributed by atoms with Crippen LogP contribution in [0.4, 0.5) is 16.2 Å². The number of aromatic nitrogens is 2. The van der Waals surface area contributed by atoms with Gasteiger partial charge in [0.2, 0.25) is 0 Å². The number of nitro groups is 1. The Morgan fingerprint density at radius 1 is 1.05 bits per heavy atom. The van der Waals surface area contributed by atoms with Crippen LogP contribution in [0.3, 0.4) is 0 Å². The molecule has 5 rings (SSSR count). The lowest BCUT2D eigenvalue weighted by atomic mass is 9.96. The highest BCUT2D eigenvalue weighted by molar-refractivity contribution is 5.82. The molecule has 0 N–H and O–H groups in total. The normalized spacial score (nSPS) is 19.6. The van der Waals surface area contributed by atoms with E-state index in [1.807, 2.05) is 40.1 Å². The molecule has 3 aliphatic rings. The van der Waals surface area contributed by atoms with Crippen molar-refractivity contribution in [3.05, 3.63) is 34.6 Å². The fraction of sp³-hybridized carbons (Fsp3) is 0.643. The predicted molar refractivity (Wildman–Crippen MR) is 148 cm³/mol. The first-order chi connectivity index (χ1) is 18.6. The van der Waals surface area contributed by atoms with Gasteiger partial charge in [-0.1, -0.05) is 0 Å². The molecule has 2 saturated heterocycles. The molecule has 1 aliphatic carbocycles. The zero-order valence-corrected chi connectivity index (χ0v) is 23.5. The molecule has 0 unspecified atom stereocenters. The number of carbonyl (C=O) groups excluding carboxylic acids is 1. The van der Waals surface area contributed by atoms with Gasteiger partial charge in [0.1, 0.15) is 5.60 Å². The first kappa shape index (κ1) is 27.2. The van der Waals surface area contributed by atoms with Gasteiger partial charge in [-0.25, -0.2) is 4.79 Å². The summed E-state index contributed by atoms with van der Waals surface area (Å²) in [7, 11) is 1.85. The van der Waals surface area contributed by atoms with Crippen LogP contribution in [0.5, 0.6) is 5.75 Å². The minimum Gasteiger partial charge on any atom is -0.483 e. The van der Waals surface area contributed by atoms with Gasteiger partial charge in [-0.05, 0) is 52.9 Å². The number of piperidine rings is 1. The molecule has 11 heteroatoms. The first-order valence-corrected chi connectivity index (χ1v) is 14.0. The number of piperazine rings is 1. The Balaban J connectivity index is 1.29. The number of hydrogen-bond donors (Lipinski definition) is 0. The number of amides is 1. The zero-order chi connectivity index (χ0) is 27.7. The maximum atomic E-state index is 12.5. The van der Waals surface area contributed by atoms with Crippen molar-refractivity contribution in [3.8, 4) is 16.9 Å². The molecule has 2 aromatic rings. The molecule has 0 radical (unpaired) electrons. The Hall–Kier alpha value is -3.34. The van der Waals surface area contributed by atoms with E-state index in [1.165, 1.54) is 0 Å². The van der Waals surface area contributed by atoms with E-state index in [0.29, 0.717) is 24.9 Å². The second-order valence-electron chi connectivity index (χ2n) is 11.9. The van der Waals surface area contributed by atoms with Gasteiger partial charge in [0.25, 0.3) is 0 Å². The van der Waals surface area contributed by atoms with E-state index >= 15 is 0 Å². The molecule has 212 valence electrons. The molecule has 0 spiro atoms. The summed E-state index contributed by atoms with van der Waals surface area (Å²) in [6.45, 7) is 10.4. The molecule has 11 nitrogen and oxygen atoms in total. The number of ether oxygens (including phenoxy) is 2. The number of aryl methyl sites for hydroxylation is 1. The largest absolute Gasteiger partial charge is 0.483 e. The van der Waals surface area contributed by atoms with Crippen LogP contribution in [0.25, 0.3) is 11.1 Å². The van der Waals surface area contributed by atoms with E-state index in [2.05, 4.69) is 14.9 Å². The van der Waals surface area contributed by atoms with Crippen molar-refractivity contribution < 1.29 is 19.2 Å². The maximum Gasteiger partial charge on any atom is 0.410 e. The Kier molecular flexibility index (Phi) is 7.70. The number of benzene rings is 1. The van der Waals surface area contributed by atoms with Crippen LogP contribution < -0.4 is 9.64 Å². The number of nitro benzene ring substituents is 1. The average Bonchev–Trinajstić information content (AvgIpc) is 3.31. The minimum absolute atomic E-state index is 0.00208. The lowest BCUT2D eigenvalue weighted by Gasteiger charge is -2.43. The monoisotopic (exact) mass is 540 g/mol. The van der Waals surface area contributed by atoms with Crippen LogP contribution in [-0.2, 0) is 11.8 Å². The van der Waals surface area contributed by atoms with Gasteiger partial charge < -0.3 is 19.3 Å². The van der Waals surface area contributed by atoms with Crippen molar-refractivity contribution in [2.24, 2.45) is 7.05 Å². The molecule has 1 saturated carbocycles. The van der Waals surface area contributed by atoms with Crippen molar-refractivity contribution in [1.29, 1.82) is 0 Å². The highest BCUT2D eigenvalue weighted by Gasteiger charge is 2.33. The van der Waals surface area contributed by atoms with E-state index in [9.17, 15) is 14.9 Å². The Morgan fingerprint density at radius 3 is 2.28 bits per heavy atom. The second-order valence-corrected chi connectivity index (χ2v) is 11.9. The van der Waals surface area contributed by atoms with E-state index in [0.717, 1.165) is 75.1 Å². The summed E-state index contributed by atoms with van der Waals surface area (Å²) in [4.78, 5) is 30.7. The third kappa shape index (κ3) is 6.29. The molecule has 1 aromatic carbocycles. The maximum absolute atomic E-state index is 12.5. The summed E-state index contributed by atoms with van der Waals surface area (Å²) in [6, 6.07) is 3.97. The molecule has 3 heterocycles. The third-order valence-electron chi connectivity index (χ3n) is 7.92. The standard InChI is InChI=1S/C28H40N6O5/c1-28(2,3)39-27(35)33-14-12-31(13-15-33)21-8-10-32(11-9-21)24-17-26(38-22-6-5-7-22)25(34(36)37)16-23(24)20-18-29-30(4)19-20/h16-19,21-22H,5-15H2,1-4H3. The molecule has 0 bridgehead atoms. The lowest BCUT2D eigenvalue weighted by molar-refractivity contribution is -0.386. The van der Waals surface area contributed by atoms with Crippen LogP contribution in [0.2, 0.25) is 0 Å². The van der Waals surface area contributed by atoms with Gasteiger partial charge in [0, 0.05) is 87.5 Å². The second kappa shape index (κ2) is 11.0. The SMILES string of the molecule is Cn1cc(-c2cc([N+](=O)[O-])c(OC3CCC3)cc2N2CCC(N3CCN(C(=O)OC(C)(C)C)CC3)CC2)cn1. The molecule has 3 fully saturated rings. The van der Waals surface area contributed by atoms with E-state index in [1.54, 1.807) is 21.8 Å². The topological polar surface area (TPSA) is 106 Å². The fourth-order valence-electron chi connectivity index (χ4n) is 5.58. The summed E-state index contributed by atoms with van der Waals surface area (Å²) >= 11 is 0. The van der Waals surface area contributed by atoms with E-state index < -0.39 is 5.60 Å². The summed E-state index contributed by atoms with van der Waals surface area (Å²) in [6.07, 6.45) is 8.39. The number of hydrogen-bond acceptors (Lipinski definition) is 8. The number of anilines is 1. The van der Waals surface area contributed by atoms with Gasteiger partial charge >= 0.3 is 11.8 Å². The van der Waals surface area contributed by atoms with Crippen LogP contribution >= 0.6 is 0 Å². The molecule has 2 aliphatic heterocycles. The fourth-order valence-corrected chi connectivity index (χ4v) is 5.58. The number of nitrogens with zero attached hydrogens (tertiary/aromatic N) is 6. The highest BCUT2D eigenvalue weighted by Crippen LogP contribution is 2.43. The Labute approximate surface area is 229 Å². The van der Waals surface area contributed by atoms with Gasteiger partial charge in [0.15, 0.2) is 5.75 Å². The average molecular weight is 541 g/mol. The minimum atomic E-state index is -0.490. The third-order valence-corrected chi connectivity index (χ3v) is 7.92. The van der Waals surface area contributed by atoms with Crippen molar-refractivity contribution in [1.82, 2.24) is 19.6 Å². The first-order valence-electron chi connectivity index (χ1n) is 14.0. The predicted octanol–water partition coefficient (Wildman–Crippen LogP) is 4.45. The highest BCUT2D eigenvalue weighted by atomic mass is 16.6. The molecule has 39 heavy (non-hydrogen) atoms. The van der Waals surface area contributed by atoms with Gasteiger partial charge in [-0.2, -0.15) is 5.10 Å². The molecular formula is C28H40N6O5. The van der Waals surface area contributed by atoms with Crippen LogP contribution in [0, 0.1) is 10.1 Å². The summed E-state index contributed by atoms with van der Waals surface area (Å²) in [5.41, 5.74) is 2.13.